The Kier molecular flexibility index (Phi) is 4.28. The predicted octanol–water partition coefficient (Wildman–Crippen LogP) is 4.30. The number of halogens is 2. The maximum Gasteiger partial charge on any atom is 0.247 e. The Morgan fingerprint density at radius 1 is 1.71 bits per heavy atom. The Bertz CT molecular complexity index is 367. The summed E-state index contributed by atoms with van der Waals surface area (Å²) in [5.74, 6) is 0. The van der Waals surface area contributed by atoms with Gasteiger partial charge in [-0.3, -0.25) is 10.1 Å². The summed E-state index contributed by atoms with van der Waals surface area (Å²) in [5.41, 5.74) is 0.228. The van der Waals surface area contributed by atoms with E-state index in [4.69, 9.17) is 0 Å². The quantitative estimate of drug-likeness (QED) is 0.608. The molecule has 0 saturated heterocycles. The Balaban J connectivity index is 3.00. The van der Waals surface area contributed by atoms with Crippen molar-refractivity contribution < 1.29 is 4.92 Å². The van der Waals surface area contributed by atoms with Gasteiger partial charge in [-0.05, 0) is 37.9 Å². The van der Waals surface area contributed by atoms with E-state index >= 15 is 0 Å². The zero-order valence-corrected chi connectivity index (χ0v) is 11.3. The van der Waals surface area contributed by atoms with E-state index in [1.807, 2.05) is 6.07 Å². The largest absolute Gasteiger partial charge is 0.259 e. The van der Waals surface area contributed by atoms with Gasteiger partial charge in [-0.2, -0.15) is 0 Å². The molecular formula is C8H7Br2NO2S. The van der Waals surface area contributed by atoms with Crippen LogP contribution in [0.2, 0.25) is 0 Å². The lowest BCUT2D eigenvalue weighted by Gasteiger charge is -1.91. The van der Waals surface area contributed by atoms with Crippen LogP contribution in [0.1, 0.15) is 18.2 Å². The first-order valence-electron chi connectivity index (χ1n) is 3.84. The molecule has 1 heterocycles. The summed E-state index contributed by atoms with van der Waals surface area (Å²) in [4.78, 5) is 11.1. The van der Waals surface area contributed by atoms with Crippen molar-refractivity contribution in [3.8, 4) is 0 Å². The molecule has 3 nitrogen and oxygen atoms in total. The van der Waals surface area contributed by atoms with Crippen LogP contribution in [0, 0.1) is 10.1 Å². The fraction of sp³-hybridized carbons (Fsp3) is 0.250. The zero-order valence-electron chi connectivity index (χ0n) is 7.29. The molecule has 0 saturated carbocycles. The third kappa shape index (κ3) is 2.90. The minimum absolute atomic E-state index is 0.228. The number of hydrogen-bond donors (Lipinski definition) is 0. The highest BCUT2D eigenvalue weighted by molar-refractivity contribution is 9.13. The van der Waals surface area contributed by atoms with Crippen LogP contribution < -0.4 is 0 Å². The summed E-state index contributed by atoms with van der Waals surface area (Å²) in [6, 6.07) is 1.86. The van der Waals surface area contributed by atoms with Gasteiger partial charge in [-0.1, -0.05) is 6.92 Å². The second-order valence-electron chi connectivity index (χ2n) is 2.52. The second-order valence-corrected chi connectivity index (χ2v) is 5.77. The van der Waals surface area contributed by atoms with Gasteiger partial charge >= 0.3 is 0 Å². The molecule has 0 spiro atoms. The summed E-state index contributed by atoms with van der Waals surface area (Å²) < 4.78 is 1.87. The van der Waals surface area contributed by atoms with Crippen molar-refractivity contribution in [1.82, 2.24) is 0 Å². The van der Waals surface area contributed by atoms with E-state index in [1.165, 1.54) is 11.3 Å². The van der Waals surface area contributed by atoms with Crippen molar-refractivity contribution in [2.75, 3.05) is 0 Å². The molecule has 0 fully saturated rings. The second kappa shape index (κ2) is 5.04. The minimum Gasteiger partial charge on any atom is -0.259 e. The Hall–Kier alpha value is -0.200. The van der Waals surface area contributed by atoms with Crippen LogP contribution in [0.3, 0.4) is 0 Å². The molecule has 76 valence electrons. The molecule has 14 heavy (non-hydrogen) atoms. The van der Waals surface area contributed by atoms with Gasteiger partial charge in [0.05, 0.1) is 8.71 Å². The van der Waals surface area contributed by atoms with Crippen molar-refractivity contribution in [2.24, 2.45) is 0 Å². The fourth-order valence-electron chi connectivity index (χ4n) is 0.883. The predicted molar refractivity (Wildman–Crippen MR) is 65.0 cm³/mol. The topological polar surface area (TPSA) is 43.1 Å². The van der Waals surface area contributed by atoms with Crippen molar-refractivity contribution in [1.29, 1.82) is 0 Å². The number of rotatable bonds is 3. The van der Waals surface area contributed by atoms with Crippen LogP contribution >= 0.6 is 43.2 Å². The first-order chi connectivity index (χ1) is 6.54. The van der Waals surface area contributed by atoms with E-state index in [0.29, 0.717) is 6.42 Å². The van der Waals surface area contributed by atoms with E-state index in [1.54, 1.807) is 13.0 Å². The van der Waals surface area contributed by atoms with Gasteiger partial charge in [0.1, 0.15) is 0 Å². The van der Waals surface area contributed by atoms with Gasteiger partial charge in [0.2, 0.25) is 5.70 Å². The molecule has 0 N–H and O–H groups in total. The fourth-order valence-corrected chi connectivity index (χ4v) is 2.93. The lowest BCUT2D eigenvalue weighted by atomic mass is 10.3. The summed E-state index contributed by atoms with van der Waals surface area (Å²) in [6.45, 7) is 1.77. The maximum atomic E-state index is 10.5. The molecule has 6 heteroatoms. The Morgan fingerprint density at radius 3 is 2.71 bits per heavy atom. The zero-order chi connectivity index (χ0) is 10.7. The first-order valence-corrected chi connectivity index (χ1v) is 6.24. The number of thiophene rings is 1. The van der Waals surface area contributed by atoms with E-state index in [2.05, 4.69) is 31.9 Å². The molecule has 1 aromatic heterocycles. The number of nitrogens with zero attached hydrogens (tertiary/aromatic N) is 1. The van der Waals surface area contributed by atoms with Gasteiger partial charge in [-0.25, -0.2) is 0 Å². The standard InChI is InChI=1S/C8H7Br2NO2S/c1-2-5(11(12)13)3-6-4-7(9)8(10)14-6/h3-4H,2H2,1H3. The van der Waals surface area contributed by atoms with Crippen LogP contribution in [0.15, 0.2) is 20.0 Å². The van der Waals surface area contributed by atoms with Gasteiger partial charge in [0.25, 0.3) is 0 Å². The minimum atomic E-state index is -0.346. The van der Waals surface area contributed by atoms with Crippen molar-refractivity contribution in [3.63, 3.8) is 0 Å². The lowest BCUT2D eigenvalue weighted by Crippen LogP contribution is -1.95. The number of allylic oxidation sites excluding steroid dienone is 1. The third-order valence-corrected chi connectivity index (χ3v) is 4.77. The van der Waals surface area contributed by atoms with Crippen LogP contribution in [-0.4, -0.2) is 4.92 Å². The first kappa shape index (κ1) is 11.9. The highest BCUT2D eigenvalue weighted by Gasteiger charge is 2.09. The molecule has 0 bridgehead atoms. The Labute approximate surface area is 102 Å². The summed E-state index contributed by atoms with van der Waals surface area (Å²) >= 11 is 8.13. The van der Waals surface area contributed by atoms with Crippen molar-refractivity contribution in [2.45, 2.75) is 13.3 Å². The average Bonchev–Trinajstić information content (AvgIpc) is 2.41. The van der Waals surface area contributed by atoms with Gasteiger partial charge in [-0.15, -0.1) is 11.3 Å². The van der Waals surface area contributed by atoms with Gasteiger partial charge in [0.15, 0.2) is 0 Å². The molecule has 0 aliphatic carbocycles. The Morgan fingerprint density at radius 2 is 2.36 bits per heavy atom. The third-order valence-electron chi connectivity index (χ3n) is 1.57. The average molecular weight is 341 g/mol. The van der Waals surface area contributed by atoms with Crippen molar-refractivity contribution in [3.05, 3.63) is 35.0 Å². The van der Waals surface area contributed by atoms with E-state index < -0.39 is 0 Å². The summed E-state index contributed by atoms with van der Waals surface area (Å²) in [5, 5.41) is 10.5. The molecule has 1 rings (SSSR count). The number of hydrogen-bond acceptors (Lipinski definition) is 3. The molecule has 0 atom stereocenters. The molecular weight excluding hydrogens is 334 g/mol. The lowest BCUT2D eigenvalue weighted by molar-refractivity contribution is -0.425. The van der Waals surface area contributed by atoms with Gasteiger partial charge < -0.3 is 0 Å². The summed E-state index contributed by atoms with van der Waals surface area (Å²) in [6.07, 6.45) is 2.03. The van der Waals surface area contributed by atoms with Crippen LogP contribution in [0.5, 0.6) is 0 Å². The van der Waals surface area contributed by atoms with E-state index in [9.17, 15) is 10.1 Å². The molecule has 1 aromatic rings. The van der Waals surface area contributed by atoms with Crippen LogP contribution in [-0.2, 0) is 0 Å². The molecule has 0 aliphatic heterocycles. The monoisotopic (exact) mass is 339 g/mol. The van der Waals surface area contributed by atoms with Crippen molar-refractivity contribution >= 4 is 49.3 Å². The molecule has 0 aromatic carbocycles. The SMILES string of the molecule is CCC(=Cc1cc(Br)c(Br)s1)[N+](=O)[O-]. The van der Waals surface area contributed by atoms with E-state index in [0.717, 1.165) is 13.1 Å². The molecule has 0 radical (unpaired) electrons. The molecule has 0 amide bonds. The normalized spacial score (nSPS) is 11.8. The highest BCUT2D eigenvalue weighted by atomic mass is 79.9. The molecule has 0 unspecified atom stereocenters. The number of nitro groups is 1. The summed E-state index contributed by atoms with van der Waals surface area (Å²) in [7, 11) is 0. The molecule has 0 aliphatic rings. The van der Waals surface area contributed by atoms with E-state index in [-0.39, 0.29) is 10.6 Å². The van der Waals surface area contributed by atoms with Crippen LogP contribution in [0.25, 0.3) is 6.08 Å². The van der Waals surface area contributed by atoms with Gasteiger partial charge in [0, 0.05) is 21.8 Å². The smallest absolute Gasteiger partial charge is 0.247 e. The maximum absolute atomic E-state index is 10.5. The van der Waals surface area contributed by atoms with Crippen LogP contribution in [0.4, 0.5) is 0 Å². The highest BCUT2D eigenvalue weighted by Crippen LogP contribution is 2.33.